The fourth-order valence-corrected chi connectivity index (χ4v) is 2.75. The van der Waals surface area contributed by atoms with Crippen LogP contribution in [0, 0.1) is 11.8 Å². The van der Waals surface area contributed by atoms with Gasteiger partial charge in [0.2, 0.25) is 0 Å². The van der Waals surface area contributed by atoms with Gasteiger partial charge in [0.25, 0.3) is 5.56 Å². The lowest BCUT2D eigenvalue weighted by molar-refractivity contribution is 0.0515. The van der Waals surface area contributed by atoms with Gasteiger partial charge in [-0.2, -0.15) is 5.10 Å². The number of nitrogens with one attached hydrogen (secondary N) is 1. The van der Waals surface area contributed by atoms with Crippen molar-refractivity contribution in [2.75, 3.05) is 11.9 Å². The number of halogens is 1. The molecule has 0 spiro atoms. The first-order valence-electron chi connectivity index (χ1n) is 7.34. The maximum atomic E-state index is 12.2. The third-order valence-electron chi connectivity index (χ3n) is 3.03. The van der Waals surface area contributed by atoms with Crippen LogP contribution in [0.15, 0.2) is 15.5 Å². The Kier molecular flexibility index (Phi) is 6.41. The maximum Gasteiger partial charge on any atom is 0.283 e. The summed E-state index contributed by atoms with van der Waals surface area (Å²) in [7, 11) is 0. The number of nitrogens with zero attached hydrogens (tertiary/aromatic N) is 2. The zero-order valence-corrected chi connectivity index (χ0v) is 15.1. The predicted molar refractivity (Wildman–Crippen MR) is 89.6 cm³/mol. The quantitative estimate of drug-likeness (QED) is 0.785. The lowest BCUT2D eigenvalue weighted by Crippen LogP contribution is -2.35. The number of anilines is 1. The molecule has 1 unspecified atom stereocenters. The van der Waals surface area contributed by atoms with Crippen LogP contribution in [-0.2, 0) is 6.54 Å². The van der Waals surface area contributed by atoms with Crippen LogP contribution >= 0.6 is 15.9 Å². The summed E-state index contributed by atoms with van der Waals surface area (Å²) in [6.45, 7) is 11.0. The highest BCUT2D eigenvalue weighted by atomic mass is 79.9. The van der Waals surface area contributed by atoms with Gasteiger partial charge in [-0.3, -0.25) is 4.79 Å². The van der Waals surface area contributed by atoms with Crippen molar-refractivity contribution in [3.8, 4) is 0 Å². The molecule has 1 aromatic rings. The highest BCUT2D eigenvalue weighted by Crippen LogP contribution is 2.20. The van der Waals surface area contributed by atoms with E-state index in [2.05, 4.69) is 40.2 Å². The Bertz CT molecular complexity index is 524. The molecule has 0 bridgehead atoms. The van der Waals surface area contributed by atoms with Crippen LogP contribution in [0.4, 0.5) is 5.69 Å². The number of hydrogen-bond donors (Lipinski definition) is 2. The lowest BCUT2D eigenvalue weighted by atomic mass is 9.94. The zero-order chi connectivity index (χ0) is 16.2. The first-order chi connectivity index (χ1) is 9.62. The summed E-state index contributed by atoms with van der Waals surface area (Å²) in [5.74, 6) is 0.759. The molecule has 0 fully saturated rings. The van der Waals surface area contributed by atoms with E-state index in [1.807, 2.05) is 13.8 Å². The SMILES string of the molecule is CC(C)Cn1ncc(NCC(C)(O)CC(C)C)c(Br)c1=O. The highest BCUT2D eigenvalue weighted by molar-refractivity contribution is 9.10. The van der Waals surface area contributed by atoms with Gasteiger partial charge in [0.05, 0.1) is 17.5 Å². The van der Waals surface area contributed by atoms with Crippen molar-refractivity contribution < 1.29 is 5.11 Å². The number of aliphatic hydroxyl groups is 1. The van der Waals surface area contributed by atoms with Crippen LogP contribution in [0.25, 0.3) is 0 Å². The van der Waals surface area contributed by atoms with Crippen molar-refractivity contribution in [3.05, 3.63) is 21.0 Å². The fourth-order valence-electron chi connectivity index (χ4n) is 2.30. The van der Waals surface area contributed by atoms with E-state index in [1.165, 1.54) is 4.68 Å². The van der Waals surface area contributed by atoms with Crippen molar-refractivity contribution in [3.63, 3.8) is 0 Å². The van der Waals surface area contributed by atoms with Gasteiger partial charge in [0.15, 0.2) is 0 Å². The molecular weight excluding hydrogens is 334 g/mol. The zero-order valence-electron chi connectivity index (χ0n) is 13.5. The van der Waals surface area contributed by atoms with Crippen molar-refractivity contribution in [2.45, 2.75) is 53.2 Å². The molecule has 0 aliphatic carbocycles. The number of rotatable bonds is 7. The van der Waals surface area contributed by atoms with E-state index >= 15 is 0 Å². The second-order valence-corrected chi connectivity index (χ2v) is 7.49. The Labute approximate surface area is 134 Å². The van der Waals surface area contributed by atoms with Crippen LogP contribution in [0.2, 0.25) is 0 Å². The monoisotopic (exact) mass is 359 g/mol. The standard InChI is InChI=1S/C15H26BrN3O2/c1-10(2)6-15(5,21)9-17-12-7-18-19(8-11(3)4)14(20)13(12)16/h7,10-11,17,21H,6,8-9H2,1-5H3. The predicted octanol–water partition coefficient (Wildman–Crippen LogP) is 2.87. The summed E-state index contributed by atoms with van der Waals surface area (Å²) in [5, 5.41) is 17.6. The largest absolute Gasteiger partial charge is 0.388 e. The molecular formula is C15H26BrN3O2. The summed E-state index contributed by atoms with van der Waals surface area (Å²) < 4.78 is 1.91. The minimum atomic E-state index is -0.819. The summed E-state index contributed by atoms with van der Waals surface area (Å²) in [4.78, 5) is 12.2. The molecule has 120 valence electrons. The number of aromatic nitrogens is 2. The molecule has 21 heavy (non-hydrogen) atoms. The Morgan fingerprint density at radius 2 is 2.00 bits per heavy atom. The second kappa shape index (κ2) is 7.40. The summed E-state index contributed by atoms with van der Waals surface area (Å²) >= 11 is 3.32. The molecule has 0 aliphatic heterocycles. The molecule has 1 heterocycles. The first kappa shape index (κ1) is 18.2. The lowest BCUT2D eigenvalue weighted by Gasteiger charge is -2.26. The van der Waals surface area contributed by atoms with Gasteiger partial charge < -0.3 is 10.4 Å². The van der Waals surface area contributed by atoms with E-state index in [1.54, 1.807) is 13.1 Å². The van der Waals surface area contributed by atoms with Crippen LogP contribution in [0.3, 0.4) is 0 Å². The average Bonchev–Trinajstić information content (AvgIpc) is 2.32. The van der Waals surface area contributed by atoms with Gasteiger partial charge in [-0.1, -0.05) is 27.7 Å². The van der Waals surface area contributed by atoms with Crippen LogP contribution in [0.5, 0.6) is 0 Å². The third kappa shape index (κ3) is 5.79. The summed E-state index contributed by atoms with van der Waals surface area (Å²) in [5.41, 5.74) is -0.360. The highest BCUT2D eigenvalue weighted by Gasteiger charge is 2.22. The maximum absolute atomic E-state index is 12.2. The fraction of sp³-hybridized carbons (Fsp3) is 0.733. The molecule has 0 aromatic carbocycles. The van der Waals surface area contributed by atoms with E-state index < -0.39 is 5.60 Å². The topological polar surface area (TPSA) is 67.2 Å². The Morgan fingerprint density at radius 1 is 1.38 bits per heavy atom. The Hall–Kier alpha value is -0.880. The third-order valence-corrected chi connectivity index (χ3v) is 3.80. The molecule has 0 radical (unpaired) electrons. The molecule has 0 aliphatic rings. The summed E-state index contributed by atoms with van der Waals surface area (Å²) in [6.07, 6.45) is 2.31. The van der Waals surface area contributed by atoms with E-state index in [9.17, 15) is 9.90 Å². The van der Waals surface area contributed by atoms with Crippen molar-refractivity contribution in [1.82, 2.24) is 9.78 Å². The molecule has 6 heteroatoms. The van der Waals surface area contributed by atoms with Crippen LogP contribution in [0.1, 0.15) is 41.0 Å². The Morgan fingerprint density at radius 3 is 2.52 bits per heavy atom. The van der Waals surface area contributed by atoms with E-state index in [0.717, 1.165) is 0 Å². The van der Waals surface area contributed by atoms with E-state index in [4.69, 9.17) is 0 Å². The summed E-state index contributed by atoms with van der Waals surface area (Å²) in [6, 6.07) is 0. The smallest absolute Gasteiger partial charge is 0.283 e. The number of hydrogen-bond acceptors (Lipinski definition) is 4. The minimum Gasteiger partial charge on any atom is -0.388 e. The van der Waals surface area contributed by atoms with Crippen LogP contribution in [-0.4, -0.2) is 27.0 Å². The van der Waals surface area contributed by atoms with Gasteiger partial charge in [-0.25, -0.2) is 4.68 Å². The van der Waals surface area contributed by atoms with Gasteiger partial charge in [-0.05, 0) is 41.1 Å². The normalized spacial score (nSPS) is 14.5. The van der Waals surface area contributed by atoms with Crippen molar-refractivity contribution >= 4 is 21.6 Å². The van der Waals surface area contributed by atoms with Crippen molar-refractivity contribution in [2.24, 2.45) is 11.8 Å². The molecule has 1 atom stereocenters. The molecule has 0 saturated heterocycles. The van der Waals surface area contributed by atoms with Gasteiger partial charge >= 0.3 is 0 Å². The van der Waals surface area contributed by atoms with Crippen molar-refractivity contribution in [1.29, 1.82) is 0 Å². The minimum absolute atomic E-state index is 0.155. The second-order valence-electron chi connectivity index (χ2n) is 6.70. The van der Waals surface area contributed by atoms with Gasteiger partial charge in [0, 0.05) is 13.1 Å². The van der Waals surface area contributed by atoms with Gasteiger partial charge in [-0.15, -0.1) is 0 Å². The van der Waals surface area contributed by atoms with E-state index in [-0.39, 0.29) is 5.56 Å². The van der Waals surface area contributed by atoms with E-state index in [0.29, 0.717) is 41.5 Å². The molecule has 0 saturated carbocycles. The molecule has 0 amide bonds. The molecule has 2 N–H and O–H groups in total. The average molecular weight is 360 g/mol. The molecule has 1 aromatic heterocycles. The molecule has 1 rings (SSSR count). The van der Waals surface area contributed by atoms with Gasteiger partial charge in [0.1, 0.15) is 4.47 Å². The van der Waals surface area contributed by atoms with Crippen LogP contribution < -0.4 is 10.9 Å². The Balaban J connectivity index is 2.82. The first-order valence-corrected chi connectivity index (χ1v) is 8.13. The molecule has 5 nitrogen and oxygen atoms in total.